The number of nitrogens with zero attached hydrogens (tertiary/aromatic N) is 1. The molecule has 2 atom stereocenters. The Bertz CT molecular complexity index is 843. The van der Waals surface area contributed by atoms with E-state index < -0.39 is 15.8 Å². The molecule has 2 heterocycles. The first-order chi connectivity index (χ1) is 13.2. The monoisotopic (exact) mass is 427 g/mol. The molecule has 28 heavy (non-hydrogen) atoms. The summed E-state index contributed by atoms with van der Waals surface area (Å²) in [5.41, 5.74) is 1.65. The van der Waals surface area contributed by atoms with Gasteiger partial charge in [-0.25, -0.2) is 13.2 Å². The SMILES string of the molecule is CC(C)CN(C(=O)COC(=O)c1csc2c1CC[C@@H](C)C2)[C@H]1CCS(=O)(=O)C1. The lowest BCUT2D eigenvalue weighted by atomic mass is 9.88. The zero-order valence-corrected chi connectivity index (χ0v) is 18.4. The van der Waals surface area contributed by atoms with Crippen LogP contribution in [-0.2, 0) is 32.2 Å². The Labute approximate surface area is 171 Å². The zero-order valence-electron chi connectivity index (χ0n) is 16.8. The minimum Gasteiger partial charge on any atom is -0.452 e. The van der Waals surface area contributed by atoms with Crippen LogP contribution >= 0.6 is 11.3 Å². The van der Waals surface area contributed by atoms with Crippen LogP contribution in [0.5, 0.6) is 0 Å². The lowest BCUT2D eigenvalue weighted by Gasteiger charge is -2.29. The summed E-state index contributed by atoms with van der Waals surface area (Å²) < 4.78 is 29.0. The number of carbonyl (C=O) groups excluding carboxylic acids is 2. The normalized spacial score (nSPS) is 23.4. The number of thiophene rings is 1. The van der Waals surface area contributed by atoms with E-state index in [0.717, 1.165) is 24.8 Å². The van der Waals surface area contributed by atoms with Crippen LogP contribution < -0.4 is 0 Å². The van der Waals surface area contributed by atoms with Gasteiger partial charge in [0.05, 0.1) is 17.1 Å². The molecule has 0 saturated carbocycles. The van der Waals surface area contributed by atoms with Gasteiger partial charge in [-0.05, 0) is 43.1 Å². The lowest BCUT2D eigenvalue weighted by Crippen LogP contribution is -2.45. The summed E-state index contributed by atoms with van der Waals surface area (Å²) in [6.07, 6.45) is 3.37. The van der Waals surface area contributed by atoms with Crippen molar-refractivity contribution in [2.75, 3.05) is 24.7 Å². The second-order valence-corrected chi connectivity index (χ2v) is 11.7. The number of sulfone groups is 1. The van der Waals surface area contributed by atoms with Gasteiger partial charge in [0.15, 0.2) is 16.4 Å². The Morgan fingerprint density at radius 1 is 1.32 bits per heavy atom. The van der Waals surface area contributed by atoms with Gasteiger partial charge in [-0.1, -0.05) is 20.8 Å². The van der Waals surface area contributed by atoms with Crippen LogP contribution in [0.3, 0.4) is 0 Å². The van der Waals surface area contributed by atoms with E-state index in [9.17, 15) is 18.0 Å². The highest BCUT2D eigenvalue weighted by Crippen LogP contribution is 2.33. The maximum absolute atomic E-state index is 12.7. The molecule has 1 aliphatic carbocycles. The highest BCUT2D eigenvalue weighted by molar-refractivity contribution is 7.91. The van der Waals surface area contributed by atoms with Crippen LogP contribution in [0.1, 0.15) is 54.4 Å². The van der Waals surface area contributed by atoms with E-state index in [-0.39, 0.29) is 36.0 Å². The number of hydrogen-bond donors (Lipinski definition) is 0. The van der Waals surface area contributed by atoms with Crippen LogP contribution in [0.2, 0.25) is 0 Å². The van der Waals surface area contributed by atoms with Crippen LogP contribution in [0.25, 0.3) is 0 Å². The first-order valence-electron chi connectivity index (χ1n) is 9.92. The summed E-state index contributed by atoms with van der Waals surface area (Å²) in [5.74, 6) is 0.164. The number of ether oxygens (including phenoxy) is 1. The van der Waals surface area contributed by atoms with Crippen molar-refractivity contribution in [2.24, 2.45) is 11.8 Å². The molecular formula is C20H29NO5S2. The van der Waals surface area contributed by atoms with Gasteiger partial charge in [0.1, 0.15) is 0 Å². The van der Waals surface area contributed by atoms with Crippen molar-refractivity contribution in [1.82, 2.24) is 4.90 Å². The van der Waals surface area contributed by atoms with Crippen molar-refractivity contribution >= 4 is 33.1 Å². The lowest BCUT2D eigenvalue weighted by molar-refractivity contribution is -0.137. The maximum atomic E-state index is 12.7. The quantitative estimate of drug-likeness (QED) is 0.652. The predicted octanol–water partition coefficient (Wildman–Crippen LogP) is 2.70. The molecule has 0 unspecified atom stereocenters. The van der Waals surface area contributed by atoms with Crippen LogP contribution in [0.15, 0.2) is 5.38 Å². The van der Waals surface area contributed by atoms with E-state index in [0.29, 0.717) is 24.4 Å². The van der Waals surface area contributed by atoms with Gasteiger partial charge >= 0.3 is 5.97 Å². The minimum absolute atomic E-state index is 0.00434. The highest BCUT2D eigenvalue weighted by Gasteiger charge is 2.35. The third-order valence-corrected chi connectivity index (χ3v) is 8.28. The zero-order chi connectivity index (χ0) is 20.5. The number of carbonyl (C=O) groups is 2. The third kappa shape index (κ3) is 4.95. The van der Waals surface area contributed by atoms with Gasteiger partial charge in [-0.2, -0.15) is 0 Å². The Kier molecular flexibility index (Phi) is 6.49. The number of esters is 1. The molecular weight excluding hydrogens is 398 g/mol. The number of hydrogen-bond acceptors (Lipinski definition) is 6. The molecule has 1 aromatic heterocycles. The molecule has 0 aromatic carbocycles. The molecule has 1 fully saturated rings. The summed E-state index contributed by atoms with van der Waals surface area (Å²) in [6.45, 7) is 6.29. The molecule has 1 aromatic rings. The third-order valence-electron chi connectivity index (χ3n) is 5.48. The smallest absolute Gasteiger partial charge is 0.339 e. The van der Waals surface area contributed by atoms with Crippen LogP contribution in [0, 0.1) is 11.8 Å². The molecule has 0 radical (unpaired) electrons. The van der Waals surface area contributed by atoms with Gasteiger partial charge in [0, 0.05) is 22.8 Å². The van der Waals surface area contributed by atoms with Crippen molar-refractivity contribution in [3.05, 3.63) is 21.4 Å². The number of amides is 1. The number of rotatable bonds is 6. The second kappa shape index (κ2) is 8.53. The van der Waals surface area contributed by atoms with Crippen molar-refractivity contribution < 1.29 is 22.7 Å². The molecule has 1 amide bonds. The molecule has 156 valence electrons. The van der Waals surface area contributed by atoms with Gasteiger partial charge < -0.3 is 9.64 Å². The van der Waals surface area contributed by atoms with E-state index in [1.165, 1.54) is 4.88 Å². The van der Waals surface area contributed by atoms with Gasteiger partial charge in [-0.3, -0.25) is 4.79 Å². The molecule has 1 saturated heterocycles. The van der Waals surface area contributed by atoms with E-state index >= 15 is 0 Å². The first-order valence-corrected chi connectivity index (χ1v) is 12.6. The summed E-state index contributed by atoms with van der Waals surface area (Å²) in [5, 5.41) is 1.84. The largest absolute Gasteiger partial charge is 0.452 e. The number of fused-ring (bicyclic) bond motifs is 1. The molecule has 6 nitrogen and oxygen atoms in total. The fraction of sp³-hybridized carbons (Fsp3) is 0.700. The Morgan fingerprint density at radius 2 is 2.07 bits per heavy atom. The van der Waals surface area contributed by atoms with Crippen molar-refractivity contribution in [1.29, 1.82) is 0 Å². The topological polar surface area (TPSA) is 80.8 Å². The van der Waals surface area contributed by atoms with Gasteiger partial charge in [0.25, 0.3) is 5.91 Å². The fourth-order valence-corrected chi connectivity index (χ4v) is 6.97. The molecule has 1 aliphatic heterocycles. The summed E-state index contributed by atoms with van der Waals surface area (Å²) in [6, 6.07) is -0.325. The van der Waals surface area contributed by atoms with E-state index in [2.05, 4.69) is 6.92 Å². The van der Waals surface area contributed by atoms with Gasteiger partial charge in [0.2, 0.25) is 0 Å². The highest BCUT2D eigenvalue weighted by atomic mass is 32.2. The van der Waals surface area contributed by atoms with Crippen molar-refractivity contribution in [3.63, 3.8) is 0 Å². The van der Waals surface area contributed by atoms with Crippen molar-refractivity contribution in [3.8, 4) is 0 Å². The molecule has 8 heteroatoms. The second-order valence-electron chi connectivity index (χ2n) is 8.47. The molecule has 3 rings (SSSR count). The molecule has 0 N–H and O–H groups in total. The molecule has 0 spiro atoms. The van der Waals surface area contributed by atoms with Crippen LogP contribution in [0.4, 0.5) is 0 Å². The molecule has 0 bridgehead atoms. The van der Waals surface area contributed by atoms with Crippen molar-refractivity contribution in [2.45, 2.75) is 52.5 Å². The van der Waals surface area contributed by atoms with E-state index in [4.69, 9.17) is 4.74 Å². The average molecular weight is 428 g/mol. The Hall–Kier alpha value is -1.41. The maximum Gasteiger partial charge on any atom is 0.339 e. The Morgan fingerprint density at radius 3 is 2.71 bits per heavy atom. The fourth-order valence-electron chi connectivity index (χ4n) is 4.01. The summed E-state index contributed by atoms with van der Waals surface area (Å²) in [4.78, 5) is 28.1. The average Bonchev–Trinajstić information content (AvgIpc) is 3.19. The minimum atomic E-state index is -3.09. The van der Waals surface area contributed by atoms with E-state index in [1.54, 1.807) is 16.2 Å². The van der Waals surface area contributed by atoms with E-state index in [1.807, 2.05) is 19.2 Å². The standard InChI is InChI=1S/C20H29NO5S2/c1-13(2)9-21(15-6-7-28(24,25)12-15)19(22)10-26-20(23)17-11-27-18-8-14(3)4-5-16(17)18/h11,13-15H,4-10,12H2,1-3H3/t14-,15+/m1/s1. The molecule has 2 aliphatic rings. The summed E-state index contributed by atoms with van der Waals surface area (Å²) in [7, 11) is -3.09. The summed E-state index contributed by atoms with van der Waals surface area (Å²) >= 11 is 1.59. The van der Waals surface area contributed by atoms with Gasteiger partial charge in [-0.15, -0.1) is 11.3 Å². The Balaban J connectivity index is 1.63. The predicted molar refractivity (Wildman–Crippen MR) is 109 cm³/mol. The van der Waals surface area contributed by atoms with Crippen LogP contribution in [-0.4, -0.2) is 55.9 Å². The first kappa shape index (κ1) is 21.3.